The van der Waals surface area contributed by atoms with Crippen LogP contribution in [0, 0.1) is 0 Å². The number of benzene rings is 1. The Bertz CT molecular complexity index is 577. The van der Waals surface area contributed by atoms with Crippen molar-refractivity contribution in [2.24, 2.45) is 0 Å². The Morgan fingerprint density at radius 3 is 2.57 bits per heavy atom. The van der Waals surface area contributed by atoms with E-state index in [1.807, 2.05) is 0 Å². The van der Waals surface area contributed by atoms with Gasteiger partial charge in [-0.2, -0.15) is 0 Å². The van der Waals surface area contributed by atoms with Crippen molar-refractivity contribution in [2.75, 3.05) is 32.1 Å². The SMILES string of the molecule is O=C(O)Cc1ccc(S(=O)(=O)CCN2CCCNC2)cc1. The molecule has 1 heterocycles. The van der Waals surface area contributed by atoms with Crippen molar-refractivity contribution in [1.82, 2.24) is 10.2 Å². The van der Waals surface area contributed by atoms with Crippen molar-refractivity contribution in [3.05, 3.63) is 29.8 Å². The maximum Gasteiger partial charge on any atom is 0.307 e. The summed E-state index contributed by atoms with van der Waals surface area (Å²) in [5.41, 5.74) is 0.599. The molecule has 1 aliphatic rings. The topological polar surface area (TPSA) is 86.7 Å². The smallest absolute Gasteiger partial charge is 0.307 e. The standard InChI is InChI=1S/C14H20N2O4S/c17-14(18)10-12-2-4-13(5-3-12)21(19,20)9-8-16-7-1-6-15-11-16/h2-5,15H,1,6-11H2,(H,17,18). The minimum atomic E-state index is -3.32. The number of hydrogen-bond acceptors (Lipinski definition) is 5. The minimum Gasteiger partial charge on any atom is -0.481 e. The molecular weight excluding hydrogens is 292 g/mol. The molecule has 1 aliphatic heterocycles. The van der Waals surface area contributed by atoms with E-state index in [0.717, 1.165) is 26.2 Å². The summed E-state index contributed by atoms with van der Waals surface area (Å²) in [5, 5.41) is 11.9. The number of nitrogens with zero attached hydrogens (tertiary/aromatic N) is 1. The molecule has 0 radical (unpaired) electrons. The number of sulfone groups is 1. The summed E-state index contributed by atoms with van der Waals surface area (Å²) in [4.78, 5) is 12.9. The molecule has 1 saturated heterocycles. The summed E-state index contributed by atoms with van der Waals surface area (Å²) in [6, 6.07) is 6.09. The molecule has 0 bridgehead atoms. The number of rotatable bonds is 6. The Morgan fingerprint density at radius 2 is 2.00 bits per heavy atom. The largest absolute Gasteiger partial charge is 0.481 e. The Kier molecular flexibility index (Phi) is 5.33. The van der Waals surface area contributed by atoms with Gasteiger partial charge in [-0.15, -0.1) is 0 Å². The van der Waals surface area contributed by atoms with Gasteiger partial charge in [-0.3, -0.25) is 9.69 Å². The van der Waals surface area contributed by atoms with Gasteiger partial charge in [0.2, 0.25) is 0 Å². The quantitative estimate of drug-likeness (QED) is 0.788. The van der Waals surface area contributed by atoms with Gasteiger partial charge >= 0.3 is 5.97 Å². The second-order valence-corrected chi connectivity index (χ2v) is 7.27. The van der Waals surface area contributed by atoms with Gasteiger partial charge in [-0.25, -0.2) is 8.42 Å². The highest BCUT2D eigenvalue weighted by molar-refractivity contribution is 7.91. The number of aliphatic carboxylic acids is 1. The second kappa shape index (κ2) is 7.02. The lowest BCUT2D eigenvalue weighted by atomic mass is 10.2. The van der Waals surface area contributed by atoms with Gasteiger partial charge < -0.3 is 10.4 Å². The van der Waals surface area contributed by atoms with Gasteiger partial charge in [0.1, 0.15) is 0 Å². The van der Waals surface area contributed by atoms with Crippen molar-refractivity contribution in [1.29, 1.82) is 0 Å². The van der Waals surface area contributed by atoms with E-state index in [2.05, 4.69) is 10.2 Å². The molecule has 0 unspecified atom stereocenters. The lowest BCUT2D eigenvalue weighted by Crippen LogP contribution is -2.43. The van der Waals surface area contributed by atoms with Gasteiger partial charge in [0.05, 0.1) is 17.1 Å². The van der Waals surface area contributed by atoms with E-state index in [4.69, 9.17) is 5.11 Å². The molecule has 0 saturated carbocycles. The number of carbonyl (C=O) groups is 1. The Hall–Kier alpha value is -1.44. The first-order valence-electron chi connectivity index (χ1n) is 6.94. The fraction of sp³-hybridized carbons (Fsp3) is 0.500. The molecule has 0 aliphatic carbocycles. The summed E-state index contributed by atoms with van der Waals surface area (Å²) < 4.78 is 24.5. The summed E-state index contributed by atoms with van der Waals surface area (Å²) >= 11 is 0. The summed E-state index contributed by atoms with van der Waals surface area (Å²) in [6.07, 6.45) is 0.934. The van der Waals surface area contributed by atoms with Crippen LogP contribution in [-0.2, 0) is 21.1 Å². The molecule has 116 valence electrons. The molecule has 7 heteroatoms. The molecular formula is C14H20N2O4S. The van der Waals surface area contributed by atoms with Crippen LogP contribution in [0.15, 0.2) is 29.2 Å². The Balaban J connectivity index is 1.96. The lowest BCUT2D eigenvalue weighted by molar-refractivity contribution is -0.136. The molecule has 1 aromatic rings. The molecule has 1 fully saturated rings. The average Bonchev–Trinajstić information content (AvgIpc) is 2.46. The van der Waals surface area contributed by atoms with Gasteiger partial charge in [-0.05, 0) is 30.7 Å². The third kappa shape index (κ3) is 4.80. The molecule has 6 nitrogen and oxygen atoms in total. The first-order valence-corrected chi connectivity index (χ1v) is 8.59. The predicted molar refractivity (Wildman–Crippen MR) is 78.9 cm³/mol. The van der Waals surface area contributed by atoms with Crippen LogP contribution in [0.2, 0.25) is 0 Å². The first-order chi connectivity index (χ1) is 9.97. The number of carboxylic acid groups (broad SMARTS) is 1. The molecule has 0 aromatic heterocycles. The zero-order valence-corrected chi connectivity index (χ0v) is 12.6. The third-order valence-corrected chi connectivity index (χ3v) is 5.19. The van der Waals surface area contributed by atoms with Gasteiger partial charge in [0, 0.05) is 19.8 Å². The van der Waals surface area contributed by atoms with Crippen molar-refractivity contribution in [2.45, 2.75) is 17.7 Å². The first kappa shape index (κ1) is 15.9. The monoisotopic (exact) mass is 312 g/mol. The molecule has 0 spiro atoms. The van der Waals surface area contributed by atoms with Crippen LogP contribution in [0.3, 0.4) is 0 Å². The van der Waals surface area contributed by atoms with Crippen molar-refractivity contribution < 1.29 is 18.3 Å². The number of carboxylic acids is 1. The van der Waals surface area contributed by atoms with Crippen LogP contribution in [0.1, 0.15) is 12.0 Å². The molecule has 0 amide bonds. The Labute approximate surface area is 124 Å². The Morgan fingerprint density at radius 1 is 1.29 bits per heavy atom. The van der Waals surface area contributed by atoms with Gasteiger partial charge in [0.25, 0.3) is 0 Å². The van der Waals surface area contributed by atoms with Crippen LogP contribution in [-0.4, -0.2) is 56.4 Å². The molecule has 1 aromatic carbocycles. The third-order valence-electron chi connectivity index (χ3n) is 3.48. The van der Waals surface area contributed by atoms with E-state index in [1.165, 1.54) is 12.1 Å². The van der Waals surface area contributed by atoms with Crippen LogP contribution in [0.4, 0.5) is 0 Å². The maximum atomic E-state index is 12.2. The van der Waals surface area contributed by atoms with Crippen LogP contribution in [0.5, 0.6) is 0 Å². The van der Waals surface area contributed by atoms with E-state index in [1.54, 1.807) is 12.1 Å². The molecule has 2 N–H and O–H groups in total. The van der Waals surface area contributed by atoms with Gasteiger partial charge in [0.15, 0.2) is 9.84 Å². The van der Waals surface area contributed by atoms with E-state index in [0.29, 0.717) is 12.1 Å². The average molecular weight is 312 g/mol. The molecule has 21 heavy (non-hydrogen) atoms. The zero-order chi connectivity index (χ0) is 15.3. The van der Waals surface area contributed by atoms with E-state index in [9.17, 15) is 13.2 Å². The van der Waals surface area contributed by atoms with E-state index < -0.39 is 15.8 Å². The maximum absolute atomic E-state index is 12.2. The number of hydrogen-bond donors (Lipinski definition) is 2. The van der Waals surface area contributed by atoms with Crippen molar-refractivity contribution in [3.63, 3.8) is 0 Å². The molecule has 0 atom stereocenters. The van der Waals surface area contributed by atoms with Crippen molar-refractivity contribution in [3.8, 4) is 0 Å². The van der Waals surface area contributed by atoms with Crippen molar-refractivity contribution >= 4 is 15.8 Å². The van der Waals surface area contributed by atoms with E-state index >= 15 is 0 Å². The summed E-state index contributed by atoms with van der Waals surface area (Å²) in [5.74, 6) is -0.851. The zero-order valence-electron chi connectivity index (χ0n) is 11.8. The highest BCUT2D eigenvalue weighted by Gasteiger charge is 2.17. The highest BCUT2D eigenvalue weighted by atomic mass is 32.2. The van der Waals surface area contributed by atoms with E-state index in [-0.39, 0.29) is 17.1 Å². The van der Waals surface area contributed by atoms with Crippen LogP contribution < -0.4 is 5.32 Å². The molecule has 2 rings (SSSR count). The highest BCUT2D eigenvalue weighted by Crippen LogP contribution is 2.13. The summed E-state index contributed by atoms with van der Waals surface area (Å²) in [6.45, 7) is 3.13. The predicted octanol–water partition coefficient (Wildman–Crippen LogP) is 0.340. The fourth-order valence-electron chi connectivity index (χ4n) is 2.29. The fourth-order valence-corrected chi connectivity index (χ4v) is 3.58. The second-order valence-electron chi connectivity index (χ2n) is 5.16. The lowest BCUT2D eigenvalue weighted by Gasteiger charge is -2.26. The van der Waals surface area contributed by atoms with Gasteiger partial charge in [-0.1, -0.05) is 12.1 Å². The summed E-state index contributed by atoms with van der Waals surface area (Å²) in [7, 11) is -3.32. The van der Waals surface area contributed by atoms with Crippen LogP contribution >= 0.6 is 0 Å². The minimum absolute atomic E-state index is 0.0763. The normalized spacial score (nSPS) is 16.8. The number of nitrogens with one attached hydrogen (secondary N) is 1. The van der Waals surface area contributed by atoms with Crippen LogP contribution in [0.25, 0.3) is 0 Å².